The van der Waals surface area contributed by atoms with E-state index in [1.165, 1.54) is 20.3 Å². The summed E-state index contributed by atoms with van der Waals surface area (Å²) in [6.07, 6.45) is 3.73. The Labute approximate surface area is 126 Å². The zero-order chi connectivity index (χ0) is 15.5. The van der Waals surface area contributed by atoms with E-state index in [0.717, 1.165) is 25.7 Å². The second-order valence-electron chi connectivity index (χ2n) is 5.19. The van der Waals surface area contributed by atoms with Crippen molar-refractivity contribution in [3.63, 3.8) is 0 Å². The minimum atomic E-state index is -3.57. The Morgan fingerprint density at radius 2 is 2.00 bits per heavy atom. The molecular formula is C15H23NO4S. The Hall–Kier alpha value is -1.27. The second-order valence-corrected chi connectivity index (χ2v) is 7.05. The van der Waals surface area contributed by atoms with Crippen LogP contribution in [0.1, 0.15) is 32.6 Å². The summed E-state index contributed by atoms with van der Waals surface area (Å²) in [6.45, 7) is 2.60. The Morgan fingerprint density at radius 1 is 1.24 bits per heavy atom. The van der Waals surface area contributed by atoms with E-state index in [4.69, 9.17) is 9.47 Å². The highest BCUT2D eigenvalue weighted by Crippen LogP contribution is 2.34. The van der Waals surface area contributed by atoms with Crippen molar-refractivity contribution in [2.75, 3.05) is 20.8 Å². The van der Waals surface area contributed by atoms with Crippen LogP contribution in [-0.4, -0.2) is 39.5 Å². The fourth-order valence-corrected chi connectivity index (χ4v) is 4.75. The van der Waals surface area contributed by atoms with E-state index in [2.05, 4.69) is 0 Å². The smallest absolute Gasteiger partial charge is 0.247 e. The van der Waals surface area contributed by atoms with Crippen LogP contribution in [-0.2, 0) is 10.0 Å². The number of methoxy groups -OCH3 is 2. The molecular weight excluding hydrogens is 290 g/mol. The number of nitrogens with zero attached hydrogens (tertiary/aromatic N) is 1. The molecule has 21 heavy (non-hydrogen) atoms. The summed E-state index contributed by atoms with van der Waals surface area (Å²) in [5.41, 5.74) is 0. The fourth-order valence-electron chi connectivity index (χ4n) is 2.81. The van der Waals surface area contributed by atoms with Crippen LogP contribution < -0.4 is 9.47 Å². The highest BCUT2D eigenvalue weighted by molar-refractivity contribution is 7.89. The summed E-state index contributed by atoms with van der Waals surface area (Å²) in [5, 5.41) is 0. The van der Waals surface area contributed by atoms with E-state index in [-0.39, 0.29) is 10.9 Å². The molecule has 0 N–H and O–H groups in total. The number of hydrogen-bond acceptors (Lipinski definition) is 4. The molecule has 6 heteroatoms. The third-order valence-electron chi connectivity index (χ3n) is 4.00. The van der Waals surface area contributed by atoms with Crippen molar-refractivity contribution in [1.29, 1.82) is 0 Å². The maximum Gasteiger partial charge on any atom is 0.247 e. The van der Waals surface area contributed by atoms with Crippen molar-refractivity contribution in [3.05, 3.63) is 18.2 Å². The van der Waals surface area contributed by atoms with Crippen molar-refractivity contribution in [2.45, 2.75) is 43.5 Å². The van der Waals surface area contributed by atoms with E-state index < -0.39 is 10.0 Å². The lowest BCUT2D eigenvalue weighted by atomic mass is 10.0. The minimum absolute atomic E-state index is 0.0691. The summed E-state index contributed by atoms with van der Waals surface area (Å²) >= 11 is 0. The van der Waals surface area contributed by atoms with Crippen LogP contribution in [0.2, 0.25) is 0 Å². The quantitative estimate of drug-likeness (QED) is 0.838. The Bertz CT molecular complexity index is 585. The summed E-state index contributed by atoms with van der Waals surface area (Å²) in [4.78, 5) is 0.185. The molecule has 1 aliphatic heterocycles. The van der Waals surface area contributed by atoms with Gasteiger partial charge in [-0.05, 0) is 31.4 Å². The lowest BCUT2D eigenvalue weighted by Gasteiger charge is -2.34. The molecule has 1 unspecified atom stereocenters. The topological polar surface area (TPSA) is 55.8 Å². The number of benzene rings is 1. The number of sulfonamides is 1. The highest BCUT2D eigenvalue weighted by Gasteiger charge is 2.34. The van der Waals surface area contributed by atoms with Gasteiger partial charge in [0.15, 0.2) is 0 Å². The van der Waals surface area contributed by atoms with Crippen molar-refractivity contribution < 1.29 is 17.9 Å². The molecule has 0 saturated carbocycles. The minimum Gasteiger partial charge on any atom is -0.497 e. The molecule has 1 aromatic rings. The van der Waals surface area contributed by atoms with Crippen molar-refractivity contribution in [2.24, 2.45) is 0 Å². The van der Waals surface area contributed by atoms with Gasteiger partial charge >= 0.3 is 0 Å². The molecule has 1 saturated heterocycles. The molecule has 1 aromatic carbocycles. The summed E-state index contributed by atoms with van der Waals surface area (Å²) in [5.74, 6) is 0.871. The molecule has 0 amide bonds. The van der Waals surface area contributed by atoms with Gasteiger partial charge in [-0.15, -0.1) is 0 Å². The average molecular weight is 313 g/mol. The predicted octanol–water partition coefficient (Wildman–Crippen LogP) is 2.66. The van der Waals surface area contributed by atoms with Crippen molar-refractivity contribution >= 4 is 10.0 Å². The molecule has 0 spiro atoms. The van der Waals surface area contributed by atoms with Gasteiger partial charge in [0.05, 0.1) is 14.2 Å². The molecule has 5 nitrogen and oxygen atoms in total. The van der Waals surface area contributed by atoms with Gasteiger partial charge in [-0.3, -0.25) is 0 Å². The standard InChI is InChI=1S/C15H23NO4S/c1-4-12-7-5-6-10-16(12)21(17,18)15-11-13(19-2)8-9-14(15)20-3/h8-9,11-12H,4-7,10H2,1-3H3. The summed E-state index contributed by atoms with van der Waals surface area (Å²) in [6, 6.07) is 4.94. The van der Waals surface area contributed by atoms with E-state index in [9.17, 15) is 8.42 Å². The number of hydrogen-bond donors (Lipinski definition) is 0. The first-order valence-corrected chi connectivity index (χ1v) is 8.72. The first-order valence-electron chi connectivity index (χ1n) is 7.28. The number of piperidine rings is 1. The Balaban J connectivity index is 2.47. The van der Waals surface area contributed by atoms with Gasteiger partial charge in [-0.25, -0.2) is 8.42 Å². The molecule has 0 aliphatic carbocycles. The highest BCUT2D eigenvalue weighted by atomic mass is 32.2. The lowest BCUT2D eigenvalue weighted by Crippen LogP contribution is -2.43. The molecule has 1 heterocycles. The van der Waals surface area contributed by atoms with Crippen molar-refractivity contribution in [1.82, 2.24) is 4.31 Å². The molecule has 1 fully saturated rings. The maximum absolute atomic E-state index is 13.0. The predicted molar refractivity (Wildman–Crippen MR) is 81.4 cm³/mol. The van der Waals surface area contributed by atoms with Gasteiger partial charge in [0.1, 0.15) is 16.4 Å². The molecule has 118 valence electrons. The van der Waals surface area contributed by atoms with E-state index in [1.807, 2.05) is 6.92 Å². The molecule has 0 radical (unpaired) electrons. The number of ether oxygens (including phenoxy) is 2. The molecule has 0 bridgehead atoms. The van der Waals surface area contributed by atoms with E-state index in [0.29, 0.717) is 18.0 Å². The van der Waals surface area contributed by atoms with Gasteiger partial charge in [0.25, 0.3) is 0 Å². The monoisotopic (exact) mass is 313 g/mol. The second kappa shape index (κ2) is 6.66. The van der Waals surface area contributed by atoms with Crippen LogP contribution >= 0.6 is 0 Å². The molecule has 0 aromatic heterocycles. The number of rotatable bonds is 5. The maximum atomic E-state index is 13.0. The lowest BCUT2D eigenvalue weighted by molar-refractivity contribution is 0.245. The zero-order valence-electron chi connectivity index (χ0n) is 12.8. The van der Waals surface area contributed by atoms with Gasteiger partial charge in [-0.1, -0.05) is 13.3 Å². The van der Waals surface area contributed by atoms with Crippen molar-refractivity contribution in [3.8, 4) is 11.5 Å². The fraction of sp³-hybridized carbons (Fsp3) is 0.600. The van der Waals surface area contributed by atoms with Crippen LogP contribution in [0.5, 0.6) is 11.5 Å². The SMILES string of the molecule is CCC1CCCCN1S(=O)(=O)c1cc(OC)ccc1OC. The van der Waals surface area contributed by atoms with Crippen LogP contribution in [0.25, 0.3) is 0 Å². The third-order valence-corrected chi connectivity index (χ3v) is 5.97. The van der Waals surface area contributed by atoms with Crippen LogP contribution in [0.4, 0.5) is 0 Å². The van der Waals surface area contributed by atoms with Gasteiger partial charge in [0, 0.05) is 18.7 Å². The zero-order valence-corrected chi connectivity index (χ0v) is 13.6. The Morgan fingerprint density at radius 3 is 2.62 bits per heavy atom. The molecule has 1 aliphatic rings. The van der Waals surface area contributed by atoms with E-state index >= 15 is 0 Å². The van der Waals surface area contributed by atoms with Gasteiger partial charge in [-0.2, -0.15) is 4.31 Å². The van der Waals surface area contributed by atoms with Crippen LogP contribution in [0.15, 0.2) is 23.1 Å². The average Bonchev–Trinajstić information content (AvgIpc) is 2.54. The van der Waals surface area contributed by atoms with Crippen LogP contribution in [0, 0.1) is 0 Å². The normalized spacial score (nSPS) is 20.2. The summed E-state index contributed by atoms with van der Waals surface area (Å²) < 4.78 is 38.0. The van der Waals surface area contributed by atoms with Crippen LogP contribution in [0.3, 0.4) is 0 Å². The largest absolute Gasteiger partial charge is 0.497 e. The van der Waals surface area contributed by atoms with E-state index in [1.54, 1.807) is 16.4 Å². The van der Waals surface area contributed by atoms with Gasteiger partial charge < -0.3 is 9.47 Å². The third kappa shape index (κ3) is 3.16. The first-order chi connectivity index (χ1) is 10.0. The van der Waals surface area contributed by atoms with Gasteiger partial charge in [0.2, 0.25) is 10.0 Å². The Kier molecular flexibility index (Phi) is 5.11. The summed E-state index contributed by atoms with van der Waals surface area (Å²) in [7, 11) is -0.568. The molecule has 1 atom stereocenters. The molecule has 2 rings (SSSR count). The first kappa shape index (κ1) is 16.1.